The van der Waals surface area contributed by atoms with Crippen molar-refractivity contribution in [2.24, 2.45) is 0 Å². The van der Waals surface area contributed by atoms with Gasteiger partial charge in [-0.15, -0.1) is 0 Å². The third-order valence-corrected chi connectivity index (χ3v) is 3.41. The summed E-state index contributed by atoms with van der Waals surface area (Å²) in [5.41, 5.74) is 8.14. The summed E-state index contributed by atoms with van der Waals surface area (Å²) in [5.74, 6) is 1.87. The lowest BCUT2D eigenvalue weighted by molar-refractivity contribution is 0.297. The summed E-state index contributed by atoms with van der Waals surface area (Å²) in [6.45, 7) is 1.31. The minimum atomic E-state index is 0.399. The Labute approximate surface area is 120 Å². The summed E-state index contributed by atoms with van der Waals surface area (Å²) in [7, 11) is 0. The van der Waals surface area contributed by atoms with Gasteiger partial charge in [0, 0.05) is 12.0 Å². The number of aromatic amines is 1. The lowest BCUT2D eigenvalue weighted by Crippen LogP contribution is -1.97. The number of nitrogens with two attached hydrogens (primary N) is 1. The molecule has 3 heterocycles. The number of aromatic nitrogens is 4. The van der Waals surface area contributed by atoms with Crippen molar-refractivity contribution in [2.45, 2.75) is 6.42 Å². The van der Waals surface area contributed by atoms with E-state index < -0.39 is 0 Å². The Morgan fingerprint density at radius 1 is 1.10 bits per heavy atom. The summed E-state index contributed by atoms with van der Waals surface area (Å²) in [5, 5.41) is 7.88. The zero-order valence-corrected chi connectivity index (χ0v) is 11.2. The largest absolute Gasteiger partial charge is 0.490 e. The first-order valence-corrected chi connectivity index (χ1v) is 6.67. The number of benzene rings is 1. The van der Waals surface area contributed by atoms with Crippen LogP contribution in [0.1, 0.15) is 6.42 Å². The van der Waals surface area contributed by atoms with Crippen molar-refractivity contribution in [3.05, 3.63) is 24.5 Å². The van der Waals surface area contributed by atoms with Gasteiger partial charge in [0.2, 0.25) is 0 Å². The van der Waals surface area contributed by atoms with E-state index in [4.69, 9.17) is 15.2 Å². The van der Waals surface area contributed by atoms with Gasteiger partial charge in [-0.2, -0.15) is 5.10 Å². The topological polar surface area (TPSA) is 98.9 Å². The van der Waals surface area contributed by atoms with Crippen LogP contribution < -0.4 is 15.2 Å². The number of hydrogen-bond donors (Lipinski definition) is 2. The van der Waals surface area contributed by atoms with Crippen molar-refractivity contribution in [3.63, 3.8) is 0 Å². The minimum Gasteiger partial charge on any atom is -0.490 e. The van der Waals surface area contributed by atoms with Crippen LogP contribution in [-0.2, 0) is 0 Å². The standard InChI is InChI=1S/C14H13N5O2/c15-13-11-12(18-19-14(11)17-7-16-13)8-2-3-9-10(6-8)21-5-1-4-20-9/h2-3,6-7H,1,4-5H2,(H3,15,16,17,18,19). The Morgan fingerprint density at radius 3 is 2.86 bits per heavy atom. The van der Waals surface area contributed by atoms with E-state index in [0.29, 0.717) is 35.8 Å². The number of nitrogen functional groups attached to an aromatic ring is 1. The highest BCUT2D eigenvalue weighted by molar-refractivity contribution is 5.98. The molecule has 0 radical (unpaired) electrons. The monoisotopic (exact) mass is 283 g/mol. The summed E-state index contributed by atoms with van der Waals surface area (Å²) in [6, 6.07) is 5.72. The molecule has 106 valence electrons. The smallest absolute Gasteiger partial charge is 0.161 e. The maximum atomic E-state index is 5.93. The van der Waals surface area contributed by atoms with Gasteiger partial charge in [-0.25, -0.2) is 9.97 Å². The van der Waals surface area contributed by atoms with Gasteiger partial charge in [0.25, 0.3) is 0 Å². The van der Waals surface area contributed by atoms with Gasteiger partial charge in [0.1, 0.15) is 17.8 Å². The molecule has 3 N–H and O–H groups in total. The van der Waals surface area contributed by atoms with E-state index in [2.05, 4.69) is 20.2 Å². The Balaban J connectivity index is 1.87. The van der Waals surface area contributed by atoms with E-state index in [-0.39, 0.29) is 0 Å². The highest BCUT2D eigenvalue weighted by atomic mass is 16.5. The molecule has 0 aliphatic carbocycles. The van der Waals surface area contributed by atoms with Gasteiger partial charge in [-0.3, -0.25) is 5.10 Å². The molecule has 0 spiro atoms. The second-order valence-corrected chi connectivity index (χ2v) is 4.77. The molecular formula is C14H13N5O2. The molecule has 7 nitrogen and oxygen atoms in total. The molecule has 1 aromatic carbocycles. The third-order valence-electron chi connectivity index (χ3n) is 3.41. The number of H-pyrrole nitrogens is 1. The molecule has 0 fully saturated rings. The first-order valence-electron chi connectivity index (χ1n) is 6.67. The fraction of sp³-hybridized carbons (Fsp3) is 0.214. The first kappa shape index (κ1) is 12.0. The van der Waals surface area contributed by atoms with E-state index in [1.165, 1.54) is 6.33 Å². The molecule has 1 aliphatic rings. The third kappa shape index (κ3) is 1.94. The Kier molecular flexibility index (Phi) is 2.63. The van der Waals surface area contributed by atoms with Crippen LogP contribution in [0.3, 0.4) is 0 Å². The van der Waals surface area contributed by atoms with E-state index in [1.54, 1.807) is 0 Å². The SMILES string of the molecule is Nc1ncnc2[nH]nc(-c3ccc4c(c3)OCCCO4)c12. The fourth-order valence-electron chi connectivity index (χ4n) is 2.40. The molecule has 21 heavy (non-hydrogen) atoms. The number of nitrogens with zero attached hydrogens (tertiary/aromatic N) is 3. The van der Waals surface area contributed by atoms with Gasteiger partial charge < -0.3 is 15.2 Å². The van der Waals surface area contributed by atoms with Crippen LogP contribution in [0.2, 0.25) is 0 Å². The second-order valence-electron chi connectivity index (χ2n) is 4.77. The normalized spacial score (nSPS) is 14.1. The lowest BCUT2D eigenvalue weighted by Gasteiger charge is -2.08. The van der Waals surface area contributed by atoms with Gasteiger partial charge in [0.15, 0.2) is 17.1 Å². The Hall–Kier alpha value is -2.83. The second kappa shape index (κ2) is 4.62. The van der Waals surface area contributed by atoms with Crippen molar-refractivity contribution in [1.82, 2.24) is 20.2 Å². The summed E-state index contributed by atoms with van der Waals surface area (Å²) in [6.07, 6.45) is 2.28. The van der Waals surface area contributed by atoms with Gasteiger partial charge in [-0.1, -0.05) is 0 Å². The number of nitrogens with one attached hydrogen (secondary N) is 1. The highest BCUT2D eigenvalue weighted by Crippen LogP contribution is 2.36. The first-order chi connectivity index (χ1) is 10.3. The Bertz CT molecular complexity index is 814. The number of ether oxygens (including phenoxy) is 2. The van der Waals surface area contributed by atoms with Crippen LogP contribution in [0.15, 0.2) is 24.5 Å². The summed E-state index contributed by atoms with van der Waals surface area (Å²) >= 11 is 0. The van der Waals surface area contributed by atoms with Crippen molar-refractivity contribution in [3.8, 4) is 22.8 Å². The molecule has 0 unspecified atom stereocenters. The molecule has 0 saturated heterocycles. The van der Waals surface area contributed by atoms with Crippen LogP contribution in [0, 0.1) is 0 Å². The molecule has 7 heteroatoms. The minimum absolute atomic E-state index is 0.399. The highest BCUT2D eigenvalue weighted by Gasteiger charge is 2.16. The zero-order chi connectivity index (χ0) is 14.2. The van der Waals surface area contributed by atoms with Crippen LogP contribution >= 0.6 is 0 Å². The molecule has 0 amide bonds. The average Bonchev–Trinajstić information content (AvgIpc) is 2.80. The predicted molar refractivity (Wildman–Crippen MR) is 77.1 cm³/mol. The number of fused-ring (bicyclic) bond motifs is 2. The quantitative estimate of drug-likeness (QED) is 0.706. The van der Waals surface area contributed by atoms with Crippen molar-refractivity contribution in [2.75, 3.05) is 18.9 Å². The average molecular weight is 283 g/mol. The van der Waals surface area contributed by atoms with Gasteiger partial charge >= 0.3 is 0 Å². The molecule has 3 aromatic rings. The molecule has 0 saturated carbocycles. The number of hydrogen-bond acceptors (Lipinski definition) is 6. The van der Waals surface area contributed by atoms with Crippen LogP contribution in [-0.4, -0.2) is 33.4 Å². The summed E-state index contributed by atoms with van der Waals surface area (Å²) in [4.78, 5) is 8.14. The molecule has 0 bridgehead atoms. The van der Waals surface area contributed by atoms with Gasteiger partial charge in [0.05, 0.1) is 18.6 Å². The number of rotatable bonds is 1. The van der Waals surface area contributed by atoms with Crippen molar-refractivity contribution < 1.29 is 9.47 Å². The van der Waals surface area contributed by atoms with Crippen LogP contribution in [0.5, 0.6) is 11.5 Å². The van der Waals surface area contributed by atoms with E-state index in [0.717, 1.165) is 23.5 Å². The zero-order valence-electron chi connectivity index (χ0n) is 11.2. The summed E-state index contributed by atoms with van der Waals surface area (Å²) < 4.78 is 11.3. The fourth-order valence-corrected chi connectivity index (χ4v) is 2.40. The van der Waals surface area contributed by atoms with Crippen LogP contribution in [0.25, 0.3) is 22.3 Å². The van der Waals surface area contributed by atoms with Crippen molar-refractivity contribution >= 4 is 16.9 Å². The lowest BCUT2D eigenvalue weighted by atomic mass is 10.1. The van der Waals surface area contributed by atoms with E-state index >= 15 is 0 Å². The Morgan fingerprint density at radius 2 is 1.95 bits per heavy atom. The maximum Gasteiger partial charge on any atom is 0.161 e. The molecule has 0 atom stereocenters. The molecule has 1 aliphatic heterocycles. The molecule has 2 aromatic heterocycles. The number of anilines is 1. The maximum absolute atomic E-state index is 5.93. The van der Waals surface area contributed by atoms with E-state index in [9.17, 15) is 0 Å². The predicted octanol–water partition coefficient (Wildman–Crippen LogP) is 1.76. The van der Waals surface area contributed by atoms with Crippen LogP contribution in [0.4, 0.5) is 5.82 Å². The molecule has 4 rings (SSSR count). The van der Waals surface area contributed by atoms with Gasteiger partial charge in [-0.05, 0) is 18.2 Å². The molecular weight excluding hydrogens is 270 g/mol. The van der Waals surface area contributed by atoms with Crippen molar-refractivity contribution in [1.29, 1.82) is 0 Å². The van der Waals surface area contributed by atoms with E-state index in [1.807, 2.05) is 18.2 Å².